The van der Waals surface area contributed by atoms with Crippen molar-refractivity contribution >= 4 is 17.3 Å². The maximum Gasteiger partial charge on any atom is 0.0719 e. The van der Waals surface area contributed by atoms with Gasteiger partial charge in [-0.25, -0.2) is 0 Å². The van der Waals surface area contributed by atoms with Gasteiger partial charge in [-0.1, -0.05) is 25.4 Å². The van der Waals surface area contributed by atoms with Crippen LogP contribution in [0, 0.1) is 5.92 Å². The van der Waals surface area contributed by atoms with Crippen LogP contribution in [0.3, 0.4) is 0 Å². The molecule has 1 N–H and O–H groups in total. The molecule has 0 aliphatic heterocycles. The molecule has 1 aromatic heterocycles. The van der Waals surface area contributed by atoms with E-state index in [0.717, 1.165) is 5.69 Å². The lowest BCUT2D eigenvalue weighted by Crippen LogP contribution is -2.30. The summed E-state index contributed by atoms with van der Waals surface area (Å²) >= 11 is 6.03. The molecule has 0 radical (unpaired) electrons. The first kappa shape index (κ1) is 12.3. The zero-order chi connectivity index (χ0) is 11.3. The van der Waals surface area contributed by atoms with Gasteiger partial charge in [0.15, 0.2) is 0 Å². The second kappa shape index (κ2) is 5.93. The van der Waals surface area contributed by atoms with Crippen molar-refractivity contribution in [3.8, 4) is 0 Å². The van der Waals surface area contributed by atoms with Gasteiger partial charge in [-0.15, -0.1) is 0 Å². The van der Waals surface area contributed by atoms with Crippen LogP contribution in [0.5, 0.6) is 0 Å². The molecule has 4 heteroatoms. The van der Waals surface area contributed by atoms with Crippen LogP contribution < -0.4 is 5.32 Å². The average molecular weight is 229 g/mol. The number of methoxy groups -OCH3 is 1. The van der Waals surface area contributed by atoms with E-state index >= 15 is 0 Å². The lowest BCUT2D eigenvalue weighted by Gasteiger charge is -2.22. The maximum atomic E-state index is 6.03. The molecule has 1 rings (SSSR count). The molecule has 15 heavy (non-hydrogen) atoms. The van der Waals surface area contributed by atoms with Gasteiger partial charge >= 0.3 is 0 Å². The second-order valence-corrected chi connectivity index (χ2v) is 4.21. The molecular formula is C11H17ClN2O. The molecule has 1 atom stereocenters. The van der Waals surface area contributed by atoms with Crippen molar-refractivity contribution in [3.63, 3.8) is 0 Å². The van der Waals surface area contributed by atoms with Crippen molar-refractivity contribution < 1.29 is 4.74 Å². The normalized spacial score (nSPS) is 12.9. The van der Waals surface area contributed by atoms with E-state index in [4.69, 9.17) is 16.3 Å². The fourth-order valence-electron chi connectivity index (χ4n) is 1.26. The third-order valence-corrected chi connectivity index (χ3v) is 2.59. The number of ether oxygens (including phenoxy) is 1. The number of halogens is 1. The van der Waals surface area contributed by atoms with E-state index in [1.54, 1.807) is 25.6 Å². The Bertz CT molecular complexity index is 304. The average Bonchev–Trinajstić information content (AvgIpc) is 2.20. The maximum absolute atomic E-state index is 6.03. The summed E-state index contributed by atoms with van der Waals surface area (Å²) in [4.78, 5) is 4.03. The van der Waals surface area contributed by atoms with Gasteiger partial charge in [-0.3, -0.25) is 4.98 Å². The van der Waals surface area contributed by atoms with E-state index < -0.39 is 0 Å². The molecule has 0 saturated heterocycles. The monoisotopic (exact) mass is 228 g/mol. The predicted octanol–water partition coefficient (Wildman–Crippen LogP) is 2.82. The molecule has 0 bridgehead atoms. The third kappa shape index (κ3) is 3.68. The topological polar surface area (TPSA) is 34.1 Å². The first-order valence-electron chi connectivity index (χ1n) is 5.00. The Labute approximate surface area is 95.8 Å². The highest BCUT2D eigenvalue weighted by Crippen LogP contribution is 2.21. The highest BCUT2D eigenvalue weighted by atomic mass is 35.5. The number of aromatic nitrogens is 1. The summed E-state index contributed by atoms with van der Waals surface area (Å²) in [5.41, 5.74) is 0.856. The largest absolute Gasteiger partial charge is 0.383 e. The highest BCUT2D eigenvalue weighted by Gasteiger charge is 2.13. The Balaban J connectivity index is 2.69. The van der Waals surface area contributed by atoms with Crippen LogP contribution in [-0.2, 0) is 4.74 Å². The minimum absolute atomic E-state index is 0.247. The van der Waals surface area contributed by atoms with Gasteiger partial charge in [0.05, 0.1) is 29.6 Å². The first-order valence-corrected chi connectivity index (χ1v) is 5.38. The minimum Gasteiger partial charge on any atom is -0.383 e. The summed E-state index contributed by atoms with van der Waals surface area (Å²) in [6, 6.07) is 2.02. The van der Waals surface area contributed by atoms with Crippen LogP contribution in [0.4, 0.5) is 5.69 Å². The zero-order valence-corrected chi connectivity index (χ0v) is 10.1. The molecule has 0 spiro atoms. The fourth-order valence-corrected chi connectivity index (χ4v) is 1.42. The van der Waals surface area contributed by atoms with Crippen LogP contribution in [-0.4, -0.2) is 24.7 Å². The van der Waals surface area contributed by atoms with Gasteiger partial charge in [-0.2, -0.15) is 0 Å². The Morgan fingerprint density at radius 3 is 2.80 bits per heavy atom. The molecule has 1 unspecified atom stereocenters. The van der Waals surface area contributed by atoms with E-state index in [9.17, 15) is 0 Å². The highest BCUT2D eigenvalue weighted by molar-refractivity contribution is 6.33. The molecule has 0 saturated carbocycles. The minimum atomic E-state index is 0.247. The van der Waals surface area contributed by atoms with Gasteiger partial charge in [0.25, 0.3) is 0 Å². The van der Waals surface area contributed by atoms with Gasteiger partial charge in [0, 0.05) is 13.3 Å². The second-order valence-electron chi connectivity index (χ2n) is 3.81. The summed E-state index contributed by atoms with van der Waals surface area (Å²) in [5.74, 6) is 0.473. The standard InChI is InChI=1S/C11H17ClN2O/c1-8(2)11(7-15-3)14-10-6-13-5-4-9(10)12/h4-6,8,11,14H,7H2,1-3H3. The smallest absolute Gasteiger partial charge is 0.0719 e. The van der Waals surface area contributed by atoms with Crippen molar-refractivity contribution in [2.75, 3.05) is 19.0 Å². The van der Waals surface area contributed by atoms with Crippen LogP contribution in [0.2, 0.25) is 5.02 Å². The third-order valence-electron chi connectivity index (χ3n) is 2.26. The van der Waals surface area contributed by atoms with Crippen LogP contribution in [0.25, 0.3) is 0 Å². The quantitative estimate of drug-likeness (QED) is 0.842. The number of hydrogen-bond acceptors (Lipinski definition) is 3. The summed E-state index contributed by atoms with van der Waals surface area (Å²) in [5, 5.41) is 4.02. The van der Waals surface area contributed by atoms with Crippen molar-refractivity contribution in [2.45, 2.75) is 19.9 Å². The van der Waals surface area contributed by atoms with Gasteiger partial charge in [0.2, 0.25) is 0 Å². The summed E-state index contributed by atoms with van der Waals surface area (Å²) in [7, 11) is 1.70. The van der Waals surface area contributed by atoms with E-state index in [1.165, 1.54) is 0 Å². The summed E-state index contributed by atoms with van der Waals surface area (Å²) in [6.45, 7) is 4.94. The number of rotatable bonds is 5. The Hall–Kier alpha value is -0.800. The fraction of sp³-hybridized carbons (Fsp3) is 0.545. The van der Waals surface area contributed by atoms with Gasteiger partial charge < -0.3 is 10.1 Å². The number of pyridine rings is 1. The van der Waals surface area contributed by atoms with Crippen molar-refractivity contribution in [1.29, 1.82) is 0 Å². The van der Waals surface area contributed by atoms with Crippen molar-refractivity contribution in [2.24, 2.45) is 5.92 Å². The van der Waals surface area contributed by atoms with Crippen molar-refractivity contribution in [3.05, 3.63) is 23.5 Å². The lowest BCUT2D eigenvalue weighted by atomic mass is 10.1. The van der Waals surface area contributed by atoms with Gasteiger partial charge in [-0.05, 0) is 12.0 Å². The summed E-state index contributed by atoms with van der Waals surface area (Å²) in [6.07, 6.45) is 3.40. The van der Waals surface area contributed by atoms with E-state index in [1.807, 2.05) is 0 Å². The molecule has 1 aromatic rings. The number of nitrogens with one attached hydrogen (secondary N) is 1. The molecule has 0 aromatic carbocycles. The number of nitrogens with zero attached hydrogens (tertiary/aromatic N) is 1. The molecule has 0 aliphatic carbocycles. The Morgan fingerprint density at radius 1 is 1.53 bits per heavy atom. The predicted molar refractivity (Wildman–Crippen MR) is 63.4 cm³/mol. The Kier molecular flexibility index (Phi) is 4.85. The number of hydrogen-bond donors (Lipinski definition) is 1. The van der Waals surface area contributed by atoms with Crippen LogP contribution in [0.1, 0.15) is 13.8 Å². The van der Waals surface area contributed by atoms with Crippen LogP contribution in [0.15, 0.2) is 18.5 Å². The molecule has 1 heterocycles. The first-order chi connectivity index (χ1) is 7.15. The molecule has 0 aliphatic rings. The van der Waals surface area contributed by atoms with Crippen molar-refractivity contribution in [1.82, 2.24) is 4.98 Å². The zero-order valence-electron chi connectivity index (χ0n) is 9.33. The number of anilines is 1. The van der Waals surface area contributed by atoms with Crippen LogP contribution >= 0.6 is 11.6 Å². The Morgan fingerprint density at radius 2 is 2.27 bits per heavy atom. The molecule has 84 valence electrons. The molecule has 3 nitrogen and oxygen atoms in total. The lowest BCUT2D eigenvalue weighted by molar-refractivity contribution is 0.171. The summed E-state index contributed by atoms with van der Waals surface area (Å²) < 4.78 is 5.15. The van der Waals surface area contributed by atoms with E-state index in [2.05, 4.69) is 24.1 Å². The molecule has 0 amide bonds. The van der Waals surface area contributed by atoms with Gasteiger partial charge in [0.1, 0.15) is 0 Å². The molecular weight excluding hydrogens is 212 g/mol. The molecule has 0 fully saturated rings. The van der Waals surface area contributed by atoms with E-state index in [-0.39, 0.29) is 6.04 Å². The van der Waals surface area contributed by atoms with E-state index in [0.29, 0.717) is 17.5 Å². The SMILES string of the molecule is COCC(Nc1cnccc1Cl)C(C)C.